The number of hydrogen-bond acceptors (Lipinski definition) is 3. The number of hydrogen-bond donors (Lipinski definition) is 2. The lowest BCUT2D eigenvalue weighted by Crippen LogP contribution is -2.50. The van der Waals surface area contributed by atoms with Gasteiger partial charge in [-0.2, -0.15) is 12.7 Å². The van der Waals surface area contributed by atoms with E-state index in [2.05, 4.69) is 0 Å². The van der Waals surface area contributed by atoms with Gasteiger partial charge in [0.05, 0.1) is 11.6 Å². The van der Waals surface area contributed by atoms with Crippen LogP contribution in [0.2, 0.25) is 0 Å². The van der Waals surface area contributed by atoms with E-state index in [1.165, 1.54) is 4.31 Å². The molecule has 0 amide bonds. The van der Waals surface area contributed by atoms with Crippen LogP contribution in [0.3, 0.4) is 0 Å². The molecule has 6 heteroatoms. The van der Waals surface area contributed by atoms with E-state index in [1.54, 1.807) is 13.8 Å². The van der Waals surface area contributed by atoms with E-state index in [-0.39, 0.29) is 6.04 Å². The van der Waals surface area contributed by atoms with Crippen molar-refractivity contribution in [3.8, 4) is 0 Å². The first-order valence-corrected chi connectivity index (χ1v) is 5.75. The standard InChI is InChI=1S/C7H16N2O3S/c1-7(2,10)6-4-3-5-9(6)13(8,11)12/h6,10H,3-5H2,1-2H3,(H2,8,11,12). The lowest BCUT2D eigenvalue weighted by Gasteiger charge is -2.31. The van der Waals surface area contributed by atoms with Gasteiger partial charge in [0.25, 0.3) is 10.2 Å². The SMILES string of the molecule is CC(C)(O)C1CCCN1S(N)(=O)=O. The minimum absolute atomic E-state index is 0.387. The van der Waals surface area contributed by atoms with Crippen molar-refractivity contribution in [1.82, 2.24) is 4.31 Å². The molecule has 5 nitrogen and oxygen atoms in total. The Balaban J connectivity index is 2.89. The summed E-state index contributed by atoms with van der Waals surface area (Å²) < 4.78 is 23.3. The minimum Gasteiger partial charge on any atom is -0.389 e. The van der Waals surface area contributed by atoms with Crippen molar-refractivity contribution >= 4 is 10.2 Å². The summed E-state index contributed by atoms with van der Waals surface area (Å²) in [7, 11) is -3.66. The van der Waals surface area contributed by atoms with Gasteiger partial charge in [-0.05, 0) is 26.7 Å². The summed E-state index contributed by atoms with van der Waals surface area (Å²) in [5.74, 6) is 0. The van der Waals surface area contributed by atoms with Crippen molar-refractivity contribution in [3.63, 3.8) is 0 Å². The fraction of sp³-hybridized carbons (Fsp3) is 1.00. The Morgan fingerprint density at radius 1 is 1.54 bits per heavy atom. The summed E-state index contributed by atoms with van der Waals surface area (Å²) in [6, 6.07) is -0.387. The Hall–Kier alpha value is -0.170. The Kier molecular flexibility index (Phi) is 2.68. The van der Waals surface area contributed by atoms with Gasteiger partial charge < -0.3 is 5.11 Å². The summed E-state index contributed by atoms with van der Waals surface area (Å²) in [5, 5.41) is 14.7. The first-order valence-electron chi connectivity index (χ1n) is 4.25. The molecule has 1 aliphatic rings. The fourth-order valence-electron chi connectivity index (χ4n) is 1.75. The number of rotatable bonds is 2. The summed E-state index contributed by atoms with van der Waals surface area (Å²) >= 11 is 0. The Morgan fingerprint density at radius 2 is 2.08 bits per heavy atom. The molecule has 1 saturated heterocycles. The molecule has 13 heavy (non-hydrogen) atoms. The molecule has 1 unspecified atom stereocenters. The Bertz CT molecular complexity index is 281. The van der Waals surface area contributed by atoms with Gasteiger partial charge in [0.1, 0.15) is 0 Å². The van der Waals surface area contributed by atoms with E-state index in [0.717, 1.165) is 6.42 Å². The smallest absolute Gasteiger partial charge is 0.277 e. The maximum Gasteiger partial charge on any atom is 0.277 e. The van der Waals surface area contributed by atoms with Gasteiger partial charge >= 0.3 is 0 Å². The van der Waals surface area contributed by atoms with Crippen LogP contribution in [0.4, 0.5) is 0 Å². The van der Waals surface area contributed by atoms with E-state index in [9.17, 15) is 13.5 Å². The molecule has 0 aromatic rings. The molecule has 1 aliphatic heterocycles. The fourth-order valence-corrected chi connectivity index (χ4v) is 2.85. The van der Waals surface area contributed by atoms with Gasteiger partial charge in [0.15, 0.2) is 0 Å². The monoisotopic (exact) mass is 208 g/mol. The topological polar surface area (TPSA) is 83.6 Å². The highest BCUT2D eigenvalue weighted by molar-refractivity contribution is 7.86. The molecule has 78 valence electrons. The van der Waals surface area contributed by atoms with Gasteiger partial charge in [0.2, 0.25) is 0 Å². The molecule has 0 aliphatic carbocycles. The van der Waals surface area contributed by atoms with E-state index >= 15 is 0 Å². The minimum atomic E-state index is -3.66. The second kappa shape index (κ2) is 3.20. The molecule has 1 heterocycles. The third-order valence-corrected chi connectivity index (χ3v) is 3.44. The summed E-state index contributed by atoms with van der Waals surface area (Å²) in [6.07, 6.45) is 1.42. The summed E-state index contributed by atoms with van der Waals surface area (Å²) in [6.45, 7) is 3.61. The second-order valence-corrected chi connectivity index (χ2v) is 5.47. The van der Waals surface area contributed by atoms with Crippen molar-refractivity contribution in [1.29, 1.82) is 0 Å². The highest BCUT2D eigenvalue weighted by atomic mass is 32.2. The van der Waals surface area contributed by atoms with Crippen LogP contribution in [0.25, 0.3) is 0 Å². The molecule has 3 N–H and O–H groups in total. The van der Waals surface area contributed by atoms with Crippen LogP contribution in [0.15, 0.2) is 0 Å². The van der Waals surface area contributed by atoms with Crippen LogP contribution in [-0.4, -0.2) is 36.0 Å². The molecular weight excluding hydrogens is 192 g/mol. The van der Waals surface area contributed by atoms with Gasteiger partial charge in [-0.3, -0.25) is 0 Å². The molecule has 0 saturated carbocycles. The molecule has 0 radical (unpaired) electrons. The third kappa shape index (κ3) is 2.40. The Labute approximate surface area is 78.7 Å². The van der Waals surface area contributed by atoms with E-state index in [1.807, 2.05) is 0 Å². The Morgan fingerprint density at radius 3 is 2.38 bits per heavy atom. The van der Waals surface area contributed by atoms with Gasteiger partial charge in [-0.1, -0.05) is 0 Å². The van der Waals surface area contributed by atoms with Crippen LogP contribution in [-0.2, 0) is 10.2 Å². The molecule has 0 spiro atoms. The number of nitrogens with two attached hydrogens (primary N) is 1. The van der Waals surface area contributed by atoms with Crippen molar-refractivity contribution in [2.75, 3.05) is 6.54 Å². The lowest BCUT2D eigenvalue weighted by molar-refractivity contribution is 0.0215. The first kappa shape index (κ1) is 10.9. The quantitative estimate of drug-likeness (QED) is 0.637. The van der Waals surface area contributed by atoms with Crippen molar-refractivity contribution < 1.29 is 13.5 Å². The van der Waals surface area contributed by atoms with E-state index < -0.39 is 15.8 Å². The van der Waals surface area contributed by atoms with Crippen LogP contribution in [0.5, 0.6) is 0 Å². The van der Waals surface area contributed by atoms with Crippen molar-refractivity contribution in [3.05, 3.63) is 0 Å². The zero-order chi connectivity index (χ0) is 10.3. The molecule has 1 rings (SSSR count). The van der Waals surface area contributed by atoms with Gasteiger partial charge in [0, 0.05) is 6.54 Å². The van der Waals surface area contributed by atoms with Crippen LogP contribution < -0.4 is 5.14 Å². The summed E-state index contributed by atoms with van der Waals surface area (Å²) in [4.78, 5) is 0. The average Bonchev–Trinajstić information content (AvgIpc) is 2.27. The molecule has 1 atom stereocenters. The van der Waals surface area contributed by atoms with Gasteiger partial charge in [-0.25, -0.2) is 5.14 Å². The van der Waals surface area contributed by atoms with Gasteiger partial charge in [-0.15, -0.1) is 0 Å². The highest BCUT2D eigenvalue weighted by Gasteiger charge is 2.40. The van der Waals surface area contributed by atoms with Crippen LogP contribution >= 0.6 is 0 Å². The van der Waals surface area contributed by atoms with E-state index in [4.69, 9.17) is 5.14 Å². The van der Waals surface area contributed by atoms with Crippen LogP contribution in [0.1, 0.15) is 26.7 Å². The van der Waals surface area contributed by atoms with Crippen molar-refractivity contribution in [2.24, 2.45) is 5.14 Å². The zero-order valence-corrected chi connectivity index (χ0v) is 8.71. The predicted molar refractivity (Wildman–Crippen MR) is 49.1 cm³/mol. The van der Waals surface area contributed by atoms with Crippen molar-refractivity contribution in [2.45, 2.75) is 38.3 Å². The maximum atomic E-state index is 11.1. The lowest BCUT2D eigenvalue weighted by atomic mass is 9.98. The summed E-state index contributed by atoms with van der Waals surface area (Å²) in [5.41, 5.74) is -1.02. The second-order valence-electron chi connectivity index (χ2n) is 3.97. The first-order chi connectivity index (χ1) is 5.73. The maximum absolute atomic E-state index is 11.1. The third-order valence-electron chi connectivity index (χ3n) is 2.35. The normalized spacial score (nSPS) is 26.6. The number of nitrogens with zero attached hydrogens (tertiary/aromatic N) is 1. The largest absolute Gasteiger partial charge is 0.389 e. The molecule has 0 aromatic carbocycles. The average molecular weight is 208 g/mol. The molecular formula is C7H16N2O3S. The molecule has 1 fully saturated rings. The van der Waals surface area contributed by atoms with E-state index in [0.29, 0.717) is 13.0 Å². The number of aliphatic hydroxyl groups is 1. The highest BCUT2D eigenvalue weighted by Crippen LogP contribution is 2.27. The molecule has 0 bridgehead atoms. The zero-order valence-electron chi connectivity index (χ0n) is 7.90. The van der Waals surface area contributed by atoms with Crippen LogP contribution in [0, 0.1) is 0 Å². The predicted octanol–water partition coefficient (Wildman–Crippen LogP) is -0.575. The molecule has 0 aromatic heterocycles.